The molecular formula is C17H19BrO. The van der Waals surface area contributed by atoms with Crippen LogP contribution in [0.1, 0.15) is 35.6 Å². The first kappa shape index (κ1) is 14.3. The lowest BCUT2D eigenvalue weighted by Gasteiger charge is -2.12. The number of hydrogen-bond acceptors (Lipinski definition) is 1. The van der Waals surface area contributed by atoms with Crippen LogP contribution in [-0.2, 0) is 6.42 Å². The molecule has 19 heavy (non-hydrogen) atoms. The van der Waals surface area contributed by atoms with Gasteiger partial charge in [-0.05, 0) is 55.0 Å². The Morgan fingerprint density at radius 2 is 1.84 bits per heavy atom. The predicted octanol–water partition coefficient (Wildman–Crippen LogP) is 4.81. The predicted molar refractivity (Wildman–Crippen MR) is 83.2 cm³/mol. The van der Waals surface area contributed by atoms with E-state index < -0.39 is 0 Å². The monoisotopic (exact) mass is 318 g/mol. The van der Waals surface area contributed by atoms with E-state index in [1.54, 1.807) is 0 Å². The lowest BCUT2D eigenvalue weighted by Crippen LogP contribution is -1.99. The topological polar surface area (TPSA) is 20.2 Å². The highest BCUT2D eigenvalue weighted by molar-refractivity contribution is 9.10. The molecule has 0 spiro atoms. The molecule has 0 bridgehead atoms. The third-order valence-corrected chi connectivity index (χ3v) is 3.69. The first-order valence-electron chi connectivity index (χ1n) is 6.64. The molecule has 0 aliphatic carbocycles. The molecule has 0 heterocycles. The van der Waals surface area contributed by atoms with Crippen molar-refractivity contribution >= 4 is 15.9 Å². The van der Waals surface area contributed by atoms with Gasteiger partial charge >= 0.3 is 0 Å². The zero-order valence-electron chi connectivity index (χ0n) is 11.1. The second-order valence-electron chi connectivity index (χ2n) is 4.96. The van der Waals surface area contributed by atoms with Gasteiger partial charge in [-0.2, -0.15) is 0 Å². The van der Waals surface area contributed by atoms with Gasteiger partial charge < -0.3 is 5.11 Å². The van der Waals surface area contributed by atoms with Crippen molar-refractivity contribution < 1.29 is 5.11 Å². The van der Waals surface area contributed by atoms with Gasteiger partial charge in [0.25, 0.3) is 0 Å². The average molecular weight is 319 g/mol. The van der Waals surface area contributed by atoms with Gasteiger partial charge in [-0.15, -0.1) is 0 Å². The summed E-state index contributed by atoms with van der Waals surface area (Å²) in [4.78, 5) is 0. The van der Waals surface area contributed by atoms with Crippen molar-refractivity contribution in [3.8, 4) is 0 Å². The van der Waals surface area contributed by atoms with Crippen molar-refractivity contribution in [1.29, 1.82) is 0 Å². The standard InChI is InChI=1S/C17H19BrO/c1-13-10-15(12-16(18)11-13)17(19)9-5-8-14-6-3-2-4-7-14/h2-4,6-7,10-12,17,19H,5,8-9H2,1H3. The zero-order chi connectivity index (χ0) is 13.7. The Balaban J connectivity index is 1.89. The average Bonchev–Trinajstić information content (AvgIpc) is 2.38. The minimum Gasteiger partial charge on any atom is -0.388 e. The number of rotatable bonds is 5. The fourth-order valence-electron chi connectivity index (χ4n) is 2.27. The second-order valence-corrected chi connectivity index (χ2v) is 5.87. The second kappa shape index (κ2) is 6.88. The fourth-order valence-corrected chi connectivity index (χ4v) is 2.89. The Kier molecular flexibility index (Phi) is 5.17. The number of aryl methyl sites for hydroxylation is 2. The summed E-state index contributed by atoms with van der Waals surface area (Å²) in [6.45, 7) is 2.05. The van der Waals surface area contributed by atoms with Crippen molar-refractivity contribution in [2.75, 3.05) is 0 Å². The Morgan fingerprint density at radius 1 is 1.11 bits per heavy atom. The van der Waals surface area contributed by atoms with Gasteiger partial charge in [-0.1, -0.05) is 52.3 Å². The number of benzene rings is 2. The van der Waals surface area contributed by atoms with Crippen LogP contribution in [0.5, 0.6) is 0 Å². The van der Waals surface area contributed by atoms with Crippen LogP contribution in [0.3, 0.4) is 0 Å². The maximum absolute atomic E-state index is 10.2. The molecule has 0 saturated heterocycles. The van der Waals surface area contributed by atoms with Crippen LogP contribution >= 0.6 is 15.9 Å². The molecule has 0 saturated carbocycles. The zero-order valence-corrected chi connectivity index (χ0v) is 12.7. The molecule has 2 rings (SSSR count). The summed E-state index contributed by atoms with van der Waals surface area (Å²) in [5.41, 5.74) is 3.51. The van der Waals surface area contributed by atoms with E-state index in [0.717, 1.165) is 29.3 Å². The van der Waals surface area contributed by atoms with Crippen molar-refractivity contribution in [3.63, 3.8) is 0 Å². The van der Waals surface area contributed by atoms with Crippen molar-refractivity contribution in [3.05, 3.63) is 69.7 Å². The normalized spacial score (nSPS) is 12.4. The van der Waals surface area contributed by atoms with Gasteiger partial charge in [-0.25, -0.2) is 0 Å². The summed E-state index contributed by atoms with van der Waals surface area (Å²) in [6.07, 6.45) is 2.44. The van der Waals surface area contributed by atoms with E-state index in [0.29, 0.717) is 0 Å². The van der Waals surface area contributed by atoms with Crippen LogP contribution in [0.2, 0.25) is 0 Å². The van der Waals surface area contributed by atoms with Gasteiger partial charge in [0, 0.05) is 4.47 Å². The van der Waals surface area contributed by atoms with Gasteiger partial charge in [0.2, 0.25) is 0 Å². The number of aliphatic hydroxyl groups excluding tert-OH is 1. The van der Waals surface area contributed by atoms with Crippen LogP contribution < -0.4 is 0 Å². The van der Waals surface area contributed by atoms with Crippen molar-refractivity contribution in [1.82, 2.24) is 0 Å². The first-order valence-corrected chi connectivity index (χ1v) is 7.43. The van der Waals surface area contributed by atoms with Crippen molar-refractivity contribution in [2.24, 2.45) is 0 Å². The largest absolute Gasteiger partial charge is 0.388 e. The number of halogens is 1. The van der Waals surface area contributed by atoms with E-state index in [1.807, 2.05) is 19.1 Å². The molecule has 1 N–H and O–H groups in total. The summed E-state index contributed by atoms with van der Waals surface area (Å²) < 4.78 is 1.03. The summed E-state index contributed by atoms with van der Waals surface area (Å²) >= 11 is 3.48. The quantitative estimate of drug-likeness (QED) is 0.838. The van der Waals surface area contributed by atoms with Crippen LogP contribution in [0.25, 0.3) is 0 Å². The summed E-state index contributed by atoms with van der Waals surface area (Å²) in [5, 5.41) is 10.2. The summed E-state index contributed by atoms with van der Waals surface area (Å²) in [7, 11) is 0. The van der Waals surface area contributed by atoms with E-state index in [-0.39, 0.29) is 6.10 Å². The Hall–Kier alpha value is -1.12. The minimum atomic E-state index is -0.375. The molecule has 0 aromatic heterocycles. The smallest absolute Gasteiger partial charge is 0.0790 e. The van der Waals surface area contributed by atoms with E-state index in [4.69, 9.17) is 0 Å². The molecule has 1 atom stereocenters. The SMILES string of the molecule is Cc1cc(Br)cc(C(O)CCCc2ccccc2)c1. The molecular weight excluding hydrogens is 300 g/mol. The molecule has 1 nitrogen and oxygen atoms in total. The van der Waals surface area contributed by atoms with Crippen LogP contribution in [0.4, 0.5) is 0 Å². The third-order valence-electron chi connectivity index (χ3n) is 3.24. The van der Waals surface area contributed by atoms with E-state index in [9.17, 15) is 5.11 Å². The highest BCUT2D eigenvalue weighted by atomic mass is 79.9. The molecule has 0 radical (unpaired) electrons. The third kappa shape index (κ3) is 4.48. The first-order chi connectivity index (χ1) is 9.15. The Labute approximate surface area is 123 Å². The summed E-state index contributed by atoms with van der Waals surface area (Å²) in [5.74, 6) is 0. The Morgan fingerprint density at radius 3 is 2.53 bits per heavy atom. The number of aliphatic hydroxyl groups is 1. The van der Waals surface area contributed by atoms with Crippen LogP contribution in [0.15, 0.2) is 53.0 Å². The van der Waals surface area contributed by atoms with E-state index in [1.165, 1.54) is 11.1 Å². The van der Waals surface area contributed by atoms with Crippen LogP contribution in [-0.4, -0.2) is 5.11 Å². The molecule has 2 aromatic rings. The molecule has 0 amide bonds. The highest BCUT2D eigenvalue weighted by Gasteiger charge is 2.08. The molecule has 1 unspecified atom stereocenters. The molecule has 0 fully saturated rings. The van der Waals surface area contributed by atoms with E-state index in [2.05, 4.69) is 52.3 Å². The maximum atomic E-state index is 10.2. The van der Waals surface area contributed by atoms with Gasteiger partial charge in [0.15, 0.2) is 0 Å². The van der Waals surface area contributed by atoms with Crippen LogP contribution in [0, 0.1) is 6.92 Å². The minimum absolute atomic E-state index is 0.375. The molecule has 0 aliphatic rings. The lowest BCUT2D eigenvalue weighted by molar-refractivity contribution is 0.164. The van der Waals surface area contributed by atoms with Gasteiger partial charge in [0.1, 0.15) is 0 Å². The fraction of sp³-hybridized carbons (Fsp3) is 0.294. The lowest BCUT2D eigenvalue weighted by atomic mass is 10.0. The molecule has 2 aromatic carbocycles. The molecule has 100 valence electrons. The molecule has 2 heteroatoms. The van der Waals surface area contributed by atoms with Crippen molar-refractivity contribution in [2.45, 2.75) is 32.3 Å². The number of hydrogen-bond donors (Lipinski definition) is 1. The Bertz CT molecular complexity index is 502. The maximum Gasteiger partial charge on any atom is 0.0790 e. The van der Waals surface area contributed by atoms with E-state index >= 15 is 0 Å². The molecule has 0 aliphatic heterocycles. The highest BCUT2D eigenvalue weighted by Crippen LogP contribution is 2.24. The summed E-state index contributed by atoms with van der Waals surface area (Å²) in [6, 6.07) is 16.5. The van der Waals surface area contributed by atoms with Gasteiger partial charge in [-0.3, -0.25) is 0 Å². The van der Waals surface area contributed by atoms with Gasteiger partial charge in [0.05, 0.1) is 6.10 Å².